The van der Waals surface area contributed by atoms with Crippen LogP contribution in [0.5, 0.6) is 0 Å². The van der Waals surface area contributed by atoms with Crippen LogP contribution in [0.15, 0.2) is 12.2 Å². The Hall–Kier alpha value is -0.320. The van der Waals surface area contributed by atoms with Gasteiger partial charge in [0.2, 0.25) is 5.91 Å². The van der Waals surface area contributed by atoms with Crippen LogP contribution in [-0.2, 0) is 9.59 Å². The summed E-state index contributed by atoms with van der Waals surface area (Å²) >= 11 is 0. The van der Waals surface area contributed by atoms with Gasteiger partial charge in [-0.15, -0.1) is 0 Å². The first-order valence-corrected chi connectivity index (χ1v) is 11.1. The number of hydrogen-bond acceptors (Lipinski definition) is 3. The van der Waals surface area contributed by atoms with E-state index in [1.807, 2.05) is 19.9 Å². The third-order valence-electron chi connectivity index (χ3n) is 4.80. The van der Waals surface area contributed by atoms with Crippen molar-refractivity contribution in [2.45, 2.75) is 117 Å². The minimum absolute atomic E-state index is 0. The molecule has 0 rings (SSSR count). The largest absolute Gasteiger partial charge is 1.00 e. The van der Waals surface area contributed by atoms with Gasteiger partial charge in [-0.25, -0.2) is 0 Å². The molecule has 1 amide bonds. The summed E-state index contributed by atoms with van der Waals surface area (Å²) in [5.74, 6) is -1.37. The van der Waals surface area contributed by atoms with Crippen LogP contribution in [0, 0.1) is 5.92 Å². The zero-order valence-electron chi connectivity index (χ0n) is 18.9. The number of carbonyl (C=O) groups excluding carboxylic acids is 2. The van der Waals surface area contributed by atoms with E-state index in [1.54, 1.807) is 0 Å². The molecule has 0 fully saturated rings. The van der Waals surface area contributed by atoms with Crippen molar-refractivity contribution >= 4 is 11.9 Å². The molecule has 0 radical (unpaired) electrons. The smallest absolute Gasteiger partial charge is 0.548 e. The first kappa shape index (κ1) is 29.9. The Morgan fingerprint density at radius 1 is 0.857 bits per heavy atom. The summed E-state index contributed by atoms with van der Waals surface area (Å²) < 4.78 is 0. The molecule has 0 aliphatic rings. The fraction of sp³-hybridized carbons (Fsp3) is 0.826. The second kappa shape index (κ2) is 21.4. The normalized spacial score (nSPS) is 12.1. The summed E-state index contributed by atoms with van der Waals surface area (Å²) in [6.45, 7) is 6.10. The quantitative estimate of drug-likeness (QED) is 0.216. The predicted molar refractivity (Wildman–Crippen MR) is 111 cm³/mol. The van der Waals surface area contributed by atoms with Gasteiger partial charge in [0, 0.05) is 0 Å². The van der Waals surface area contributed by atoms with Gasteiger partial charge in [-0.2, -0.15) is 0 Å². The molecule has 0 heterocycles. The molecule has 0 spiro atoms. The van der Waals surface area contributed by atoms with Crippen molar-refractivity contribution in [1.82, 2.24) is 5.32 Å². The van der Waals surface area contributed by atoms with Gasteiger partial charge in [-0.1, -0.05) is 97.5 Å². The number of carboxylic acid groups (broad SMARTS) is 1. The van der Waals surface area contributed by atoms with Crippen molar-refractivity contribution in [3.05, 3.63) is 12.2 Å². The zero-order chi connectivity index (χ0) is 20.3. The maximum atomic E-state index is 11.8. The Balaban J connectivity index is 0. The van der Waals surface area contributed by atoms with E-state index in [-0.39, 0.29) is 41.4 Å². The number of carbonyl (C=O) groups is 2. The third-order valence-corrected chi connectivity index (χ3v) is 4.80. The molecule has 0 aromatic carbocycles. The molecule has 28 heavy (non-hydrogen) atoms. The molecule has 0 bridgehead atoms. The van der Waals surface area contributed by atoms with Gasteiger partial charge in [0.15, 0.2) is 0 Å². The van der Waals surface area contributed by atoms with Gasteiger partial charge >= 0.3 is 29.6 Å². The number of allylic oxidation sites excluding steroid dienone is 1. The van der Waals surface area contributed by atoms with Crippen molar-refractivity contribution in [3.8, 4) is 0 Å². The Morgan fingerprint density at radius 3 is 1.75 bits per heavy atom. The monoisotopic (exact) mass is 403 g/mol. The summed E-state index contributed by atoms with van der Waals surface area (Å²) in [6, 6.07) is -0.909. The van der Waals surface area contributed by atoms with Crippen molar-refractivity contribution in [2.24, 2.45) is 5.92 Å². The average Bonchev–Trinajstić information content (AvgIpc) is 2.61. The fourth-order valence-corrected chi connectivity index (χ4v) is 3.20. The van der Waals surface area contributed by atoms with Gasteiger partial charge in [0.05, 0.1) is 12.0 Å². The molecule has 4 nitrogen and oxygen atoms in total. The molecule has 0 saturated carbocycles. The van der Waals surface area contributed by atoms with Crippen LogP contribution in [-0.4, -0.2) is 17.9 Å². The molecule has 0 aromatic rings. The Bertz CT molecular complexity index is 411. The Labute approximate surface area is 195 Å². The summed E-state index contributed by atoms with van der Waals surface area (Å²) in [6.07, 6.45) is 20.4. The number of nitrogens with one attached hydrogen (secondary N) is 1. The molecule has 0 aliphatic heterocycles. The second-order valence-electron chi connectivity index (χ2n) is 8.09. The first-order chi connectivity index (χ1) is 13.0. The number of aliphatic carboxylic acids is 1. The fourth-order valence-electron chi connectivity index (χ4n) is 3.20. The van der Waals surface area contributed by atoms with Crippen LogP contribution in [0.4, 0.5) is 0 Å². The van der Waals surface area contributed by atoms with E-state index in [2.05, 4.69) is 12.2 Å². The van der Waals surface area contributed by atoms with Crippen LogP contribution in [0.3, 0.4) is 0 Å². The van der Waals surface area contributed by atoms with Gasteiger partial charge in [-0.05, 0) is 31.3 Å². The molecule has 5 heteroatoms. The predicted octanol–water partition coefficient (Wildman–Crippen LogP) is 1.92. The van der Waals surface area contributed by atoms with E-state index in [1.165, 1.54) is 76.7 Å². The van der Waals surface area contributed by atoms with E-state index >= 15 is 0 Å². The third kappa shape index (κ3) is 20.4. The van der Waals surface area contributed by atoms with Crippen LogP contribution >= 0.6 is 0 Å². The van der Waals surface area contributed by atoms with Crippen LogP contribution in [0.25, 0.3) is 0 Å². The Kier molecular flexibility index (Phi) is 22.8. The topological polar surface area (TPSA) is 69.2 Å². The summed E-state index contributed by atoms with van der Waals surface area (Å²) in [5.41, 5.74) is 0. The molecule has 1 N–H and O–H groups in total. The van der Waals surface area contributed by atoms with Gasteiger partial charge in [0.1, 0.15) is 0 Å². The van der Waals surface area contributed by atoms with E-state index in [0.717, 1.165) is 12.8 Å². The summed E-state index contributed by atoms with van der Waals surface area (Å²) in [5, 5.41) is 13.5. The summed E-state index contributed by atoms with van der Waals surface area (Å²) in [7, 11) is 0. The van der Waals surface area contributed by atoms with E-state index in [4.69, 9.17) is 0 Å². The van der Waals surface area contributed by atoms with Crippen molar-refractivity contribution < 1.29 is 44.3 Å². The van der Waals surface area contributed by atoms with Crippen LogP contribution in [0.2, 0.25) is 0 Å². The number of carboxylic acids is 1. The maximum absolute atomic E-state index is 11.8. The van der Waals surface area contributed by atoms with Crippen molar-refractivity contribution in [2.75, 3.05) is 0 Å². The minimum Gasteiger partial charge on any atom is -0.548 e. The summed E-state index contributed by atoms with van der Waals surface area (Å²) in [4.78, 5) is 22.8. The second-order valence-corrected chi connectivity index (χ2v) is 8.09. The maximum Gasteiger partial charge on any atom is 1.00 e. The van der Waals surface area contributed by atoms with E-state index in [9.17, 15) is 14.7 Å². The molecule has 158 valence electrons. The number of amides is 1. The van der Waals surface area contributed by atoms with Gasteiger partial charge < -0.3 is 15.2 Å². The SMILES string of the molecule is CCCCCCCCCCCCCCC=CC(=O)N[C@@H](CC(C)C)C(=O)[O-].[Na+]. The molecule has 0 aromatic heterocycles. The first-order valence-electron chi connectivity index (χ1n) is 11.1. The van der Waals surface area contributed by atoms with Gasteiger partial charge in [-0.3, -0.25) is 4.79 Å². The van der Waals surface area contributed by atoms with E-state index in [0.29, 0.717) is 6.42 Å². The van der Waals surface area contributed by atoms with Gasteiger partial charge in [0.25, 0.3) is 0 Å². The standard InChI is InChI=1S/C23H43NO3.Na/c1-4-5-6-7-8-9-10-11-12-13-14-15-16-17-18-22(25)24-21(23(26)27)19-20(2)3;/h17-18,20-21H,4-16,19H2,1-3H3,(H,24,25)(H,26,27);/q;+1/p-1/t21-;/m0./s1. The molecule has 1 atom stereocenters. The number of unbranched alkanes of at least 4 members (excludes halogenated alkanes) is 12. The zero-order valence-corrected chi connectivity index (χ0v) is 20.9. The number of rotatable bonds is 18. The molecule has 0 saturated heterocycles. The average molecular weight is 404 g/mol. The van der Waals surface area contributed by atoms with Crippen LogP contribution < -0.4 is 40.0 Å². The minimum atomic E-state index is -1.22. The van der Waals surface area contributed by atoms with Crippen molar-refractivity contribution in [1.29, 1.82) is 0 Å². The number of hydrogen-bond donors (Lipinski definition) is 1. The molecule has 0 aliphatic carbocycles. The molecular weight excluding hydrogens is 361 g/mol. The molecular formula is C23H42NNaO3. The molecule has 0 unspecified atom stereocenters. The Morgan fingerprint density at radius 2 is 1.32 bits per heavy atom. The van der Waals surface area contributed by atoms with Crippen molar-refractivity contribution in [3.63, 3.8) is 0 Å². The van der Waals surface area contributed by atoms with Crippen LogP contribution in [0.1, 0.15) is 111 Å². The van der Waals surface area contributed by atoms with E-state index < -0.39 is 12.0 Å².